The lowest BCUT2D eigenvalue weighted by Gasteiger charge is -2.35. The number of carbonyl (C=O) groups excluding carboxylic acids is 3. The van der Waals surface area contributed by atoms with Gasteiger partial charge in [-0.05, 0) is 36.5 Å². The minimum Gasteiger partial charge on any atom is -0.347 e. The fourth-order valence-electron chi connectivity index (χ4n) is 4.34. The molecule has 4 amide bonds. The average molecular weight is 389 g/mol. The SMILES string of the molecule is CC(C)C(NC(=O)CN1C(=O)N(C)C2(CCCCC2)C1=O)c1ccc(F)cc1. The van der Waals surface area contributed by atoms with E-state index in [-0.39, 0.29) is 30.2 Å². The zero-order chi connectivity index (χ0) is 20.5. The van der Waals surface area contributed by atoms with Gasteiger partial charge in [0, 0.05) is 7.05 Å². The fraction of sp³-hybridized carbons (Fsp3) is 0.571. The minimum absolute atomic E-state index is 0.0618. The van der Waals surface area contributed by atoms with E-state index in [0.717, 1.165) is 29.7 Å². The molecule has 1 heterocycles. The van der Waals surface area contributed by atoms with Gasteiger partial charge in [0.25, 0.3) is 5.91 Å². The third-order valence-electron chi connectivity index (χ3n) is 6.00. The van der Waals surface area contributed by atoms with E-state index in [9.17, 15) is 18.8 Å². The Balaban J connectivity index is 1.72. The first-order valence-electron chi connectivity index (χ1n) is 9.91. The van der Waals surface area contributed by atoms with Crippen LogP contribution in [0, 0.1) is 11.7 Å². The number of likely N-dealkylation sites (N-methyl/N-ethyl adjacent to an activating group) is 1. The van der Waals surface area contributed by atoms with E-state index in [0.29, 0.717) is 12.8 Å². The lowest BCUT2D eigenvalue weighted by molar-refractivity contribution is -0.137. The quantitative estimate of drug-likeness (QED) is 0.786. The number of rotatable bonds is 5. The van der Waals surface area contributed by atoms with Crippen LogP contribution >= 0.6 is 0 Å². The molecule has 0 aromatic heterocycles. The first-order chi connectivity index (χ1) is 13.3. The van der Waals surface area contributed by atoms with Crippen LogP contribution < -0.4 is 5.32 Å². The summed E-state index contributed by atoms with van der Waals surface area (Å²) >= 11 is 0. The summed E-state index contributed by atoms with van der Waals surface area (Å²) in [5, 5.41) is 2.90. The van der Waals surface area contributed by atoms with Crippen LogP contribution in [-0.2, 0) is 9.59 Å². The molecule has 1 saturated heterocycles. The second-order valence-corrected chi connectivity index (χ2v) is 8.17. The average Bonchev–Trinajstić information content (AvgIpc) is 2.84. The Kier molecular flexibility index (Phi) is 5.72. The van der Waals surface area contributed by atoms with Gasteiger partial charge in [-0.1, -0.05) is 45.2 Å². The number of hydrogen-bond donors (Lipinski definition) is 1. The van der Waals surface area contributed by atoms with E-state index < -0.39 is 17.5 Å². The van der Waals surface area contributed by atoms with Gasteiger partial charge in [0.05, 0.1) is 6.04 Å². The minimum atomic E-state index is -0.788. The van der Waals surface area contributed by atoms with Gasteiger partial charge >= 0.3 is 6.03 Å². The first kappa shape index (κ1) is 20.3. The van der Waals surface area contributed by atoms with Crippen LogP contribution in [0.5, 0.6) is 0 Å². The molecule has 3 rings (SSSR count). The van der Waals surface area contributed by atoms with E-state index in [1.165, 1.54) is 17.0 Å². The molecular weight excluding hydrogens is 361 g/mol. The summed E-state index contributed by atoms with van der Waals surface area (Å²) in [5.41, 5.74) is -0.00555. The summed E-state index contributed by atoms with van der Waals surface area (Å²) < 4.78 is 13.2. The van der Waals surface area contributed by atoms with Gasteiger partial charge in [-0.3, -0.25) is 14.5 Å². The number of nitrogens with zero attached hydrogens (tertiary/aromatic N) is 2. The van der Waals surface area contributed by atoms with Gasteiger partial charge in [0.2, 0.25) is 5.91 Å². The van der Waals surface area contributed by atoms with Crippen LogP contribution in [-0.4, -0.2) is 46.8 Å². The van der Waals surface area contributed by atoms with Crippen molar-refractivity contribution in [2.45, 2.75) is 57.5 Å². The molecule has 2 fully saturated rings. The monoisotopic (exact) mass is 389 g/mol. The highest BCUT2D eigenvalue weighted by Gasteiger charge is 2.55. The molecule has 1 spiro atoms. The summed E-state index contributed by atoms with van der Waals surface area (Å²) in [6.07, 6.45) is 4.17. The highest BCUT2D eigenvalue weighted by molar-refractivity contribution is 6.08. The van der Waals surface area contributed by atoms with Crippen molar-refractivity contribution in [2.24, 2.45) is 5.92 Å². The molecule has 28 heavy (non-hydrogen) atoms. The van der Waals surface area contributed by atoms with Gasteiger partial charge in [-0.2, -0.15) is 0 Å². The van der Waals surface area contributed by atoms with Crippen molar-refractivity contribution < 1.29 is 18.8 Å². The van der Waals surface area contributed by atoms with Gasteiger partial charge in [-0.25, -0.2) is 9.18 Å². The predicted molar refractivity (Wildman–Crippen MR) is 103 cm³/mol. The third-order valence-corrected chi connectivity index (χ3v) is 6.00. The van der Waals surface area contributed by atoms with Gasteiger partial charge in [0.1, 0.15) is 17.9 Å². The van der Waals surface area contributed by atoms with Crippen molar-refractivity contribution in [1.82, 2.24) is 15.1 Å². The molecule has 1 atom stereocenters. The highest BCUT2D eigenvalue weighted by atomic mass is 19.1. The summed E-state index contributed by atoms with van der Waals surface area (Å²) in [4.78, 5) is 40.9. The van der Waals surface area contributed by atoms with Crippen LogP contribution in [0.2, 0.25) is 0 Å². The number of nitrogens with one attached hydrogen (secondary N) is 1. The van der Waals surface area contributed by atoms with Crippen LogP contribution in [0.25, 0.3) is 0 Å². The predicted octanol–water partition coefficient (Wildman–Crippen LogP) is 3.24. The number of urea groups is 1. The molecule has 2 aliphatic rings. The lowest BCUT2D eigenvalue weighted by Crippen LogP contribution is -2.49. The summed E-state index contributed by atoms with van der Waals surface area (Å²) in [5.74, 6) is -0.942. The molecule has 1 unspecified atom stereocenters. The molecule has 7 heteroatoms. The molecule has 1 saturated carbocycles. The number of amides is 4. The van der Waals surface area contributed by atoms with Crippen molar-refractivity contribution in [1.29, 1.82) is 0 Å². The van der Waals surface area contributed by atoms with Crippen LogP contribution in [0.4, 0.5) is 9.18 Å². The van der Waals surface area contributed by atoms with E-state index in [1.54, 1.807) is 19.2 Å². The van der Waals surface area contributed by atoms with Crippen molar-refractivity contribution in [2.75, 3.05) is 13.6 Å². The van der Waals surface area contributed by atoms with E-state index >= 15 is 0 Å². The number of halogens is 1. The van der Waals surface area contributed by atoms with Crippen LogP contribution in [0.3, 0.4) is 0 Å². The molecule has 1 aromatic carbocycles. The smallest absolute Gasteiger partial charge is 0.327 e. The maximum absolute atomic E-state index is 13.2. The Morgan fingerprint density at radius 2 is 1.75 bits per heavy atom. The van der Waals surface area contributed by atoms with Gasteiger partial charge in [-0.15, -0.1) is 0 Å². The first-order valence-corrected chi connectivity index (χ1v) is 9.91. The second-order valence-electron chi connectivity index (χ2n) is 8.17. The Hall–Kier alpha value is -2.44. The maximum atomic E-state index is 13.2. The number of benzene rings is 1. The summed E-state index contributed by atoms with van der Waals surface area (Å²) in [7, 11) is 1.65. The Labute approximate surface area is 165 Å². The summed E-state index contributed by atoms with van der Waals surface area (Å²) in [6.45, 7) is 3.60. The summed E-state index contributed by atoms with van der Waals surface area (Å²) in [6, 6.07) is 5.24. The van der Waals surface area contributed by atoms with Crippen molar-refractivity contribution in [3.63, 3.8) is 0 Å². The lowest BCUT2D eigenvalue weighted by atomic mass is 9.81. The molecule has 1 aliphatic carbocycles. The Morgan fingerprint density at radius 1 is 1.14 bits per heavy atom. The van der Waals surface area contributed by atoms with Crippen LogP contribution in [0.1, 0.15) is 57.6 Å². The number of carbonyl (C=O) groups is 3. The van der Waals surface area contributed by atoms with Gasteiger partial charge < -0.3 is 10.2 Å². The molecule has 152 valence electrons. The van der Waals surface area contributed by atoms with Gasteiger partial charge in [0.15, 0.2) is 0 Å². The third kappa shape index (κ3) is 3.62. The van der Waals surface area contributed by atoms with Crippen molar-refractivity contribution in [3.8, 4) is 0 Å². The highest BCUT2D eigenvalue weighted by Crippen LogP contribution is 2.39. The molecule has 1 aliphatic heterocycles. The molecule has 0 radical (unpaired) electrons. The molecule has 0 bridgehead atoms. The number of imide groups is 1. The largest absolute Gasteiger partial charge is 0.347 e. The second kappa shape index (κ2) is 7.89. The zero-order valence-corrected chi connectivity index (χ0v) is 16.7. The Bertz CT molecular complexity index is 757. The topological polar surface area (TPSA) is 69.7 Å². The van der Waals surface area contributed by atoms with E-state index in [2.05, 4.69) is 5.32 Å². The number of hydrogen-bond acceptors (Lipinski definition) is 3. The standard InChI is InChI=1S/C21H28FN3O3/c1-14(2)18(15-7-9-16(22)10-8-15)23-17(26)13-25-19(27)21(24(3)20(25)28)11-5-4-6-12-21/h7-10,14,18H,4-6,11-13H2,1-3H3,(H,23,26). The fourth-order valence-corrected chi connectivity index (χ4v) is 4.34. The van der Waals surface area contributed by atoms with Crippen molar-refractivity contribution >= 4 is 17.8 Å². The molecule has 1 N–H and O–H groups in total. The van der Waals surface area contributed by atoms with E-state index in [1.807, 2.05) is 13.8 Å². The molecule has 6 nitrogen and oxygen atoms in total. The zero-order valence-electron chi connectivity index (χ0n) is 16.7. The van der Waals surface area contributed by atoms with Crippen LogP contribution in [0.15, 0.2) is 24.3 Å². The van der Waals surface area contributed by atoms with E-state index in [4.69, 9.17) is 0 Å². The maximum Gasteiger partial charge on any atom is 0.327 e. The molecule has 1 aromatic rings. The molecular formula is C21H28FN3O3. The normalized spacial score (nSPS) is 20.2. The Morgan fingerprint density at radius 3 is 2.32 bits per heavy atom. The van der Waals surface area contributed by atoms with Crippen molar-refractivity contribution in [3.05, 3.63) is 35.6 Å².